The molecule has 5 heteroatoms. The number of hydrogen-bond donors (Lipinski definition) is 1. The van der Waals surface area contributed by atoms with Gasteiger partial charge in [-0.25, -0.2) is 0 Å². The lowest BCUT2D eigenvalue weighted by molar-refractivity contribution is -0.141. The summed E-state index contributed by atoms with van der Waals surface area (Å²) in [6.07, 6.45) is 0.203. The highest BCUT2D eigenvalue weighted by atomic mass is 35.5. The van der Waals surface area contributed by atoms with E-state index in [1.54, 1.807) is 11.0 Å². The SMILES string of the molecule is O=C(NCc1ccccc1Cl)[C@H](c1ccccc1)N(Cc1ccccc1)C(=O)Cc1ccccc1. The fourth-order valence-electron chi connectivity index (χ4n) is 4.00. The monoisotopic (exact) mass is 482 g/mol. The van der Waals surface area contributed by atoms with E-state index in [4.69, 9.17) is 11.6 Å². The minimum atomic E-state index is -0.796. The lowest BCUT2D eigenvalue weighted by Crippen LogP contribution is -2.43. The van der Waals surface area contributed by atoms with Gasteiger partial charge in [0, 0.05) is 18.1 Å². The van der Waals surface area contributed by atoms with Crippen LogP contribution in [0.15, 0.2) is 115 Å². The largest absolute Gasteiger partial charge is 0.350 e. The minimum absolute atomic E-state index is 0.123. The second-order valence-corrected chi connectivity index (χ2v) is 8.70. The average molecular weight is 483 g/mol. The van der Waals surface area contributed by atoms with Crippen LogP contribution in [-0.2, 0) is 29.1 Å². The number of nitrogens with zero attached hydrogens (tertiary/aromatic N) is 1. The summed E-state index contributed by atoms with van der Waals surface area (Å²) in [5.74, 6) is -0.379. The summed E-state index contributed by atoms with van der Waals surface area (Å²) in [4.78, 5) is 29.0. The Kier molecular flexibility index (Phi) is 8.31. The fraction of sp³-hybridized carbons (Fsp3) is 0.133. The highest BCUT2D eigenvalue weighted by Crippen LogP contribution is 2.25. The zero-order valence-electron chi connectivity index (χ0n) is 19.3. The van der Waals surface area contributed by atoms with Crippen LogP contribution in [0.5, 0.6) is 0 Å². The maximum atomic E-state index is 13.7. The van der Waals surface area contributed by atoms with Crippen LogP contribution in [0.4, 0.5) is 0 Å². The first-order chi connectivity index (χ1) is 17.1. The molecule has 0 saturated carbocycles. The van der Waals surface area contributed by atoms with Crippen LogP contribution in [0.3, 0.4) is 0 Å². The quantitative estimate of drug-likeness (QED) is 0.319. The maximum absolute atomic E-state index is 13.7. The van der Waals surface area contributed by atoms with E-state index in [1.165, 1.54) is 0 Å². The highest BCUT2D eigenvalue weighted by Gasteiger charge is 2.31. The standard InChI is InChI=1S/C30H27ClN2O2/c31-27-19-11-10-18-26(27)21-32-30(35)29(25-16-8-3-9-17-25)33(22-24-14-6-2-7-15-24)28(34)20-23-12-4-1-5-13-23/h1-19,29H,20-22H2,(H,32,35)/t29-/m0/s1. The molecule has 1 N–H and O–H groups in total. The Morgan fingerprint density at radius 3 is 1.89 bits per heavy atom. The van der Waals surface area contributed by atoms with Crippen molar-refractivity contribution in [3.63, 3.8) is 0 Å². The van der Waals surface area contributed by atoms with Crippen LogP contribution in [0, 0.1) is 0 Å². The molecule has 0 aliphatic rings. The zero-order chi connectivity index (χ0) is 24.5. The van der Waals surface area contributed by atoms with Crippen LogP contribution in [0.1, 0.15) is 28.3 Å². The Morgan fingerprint density at radius 2 is 1.26 bits per heavy atom. The van der Waals surface area contributed by atoms with Crippen LogP contribution in [0.2, 0.25) is 5.02 Å². The Balaban J connectivity index is 1.66. The number of nitrogens with one attached hydrogen (secondary N) is 1. The fourth-order valence-corrected chi connectivity index (χ4v) is 4.21. The van der Waals surface area contributed by atoms with Gasteiger partial charge in [-0.1, -0.05) is 121 Å². The summed E-state index contributed by atoms with van der Waals surface area (Å²) in [6, 6.07) is 35.4. The van der Waals surface area contributed by atoms with Gasteiger partial charge in [0.1, 0.15) is 6.04 Å². The van der Waals surface area contributed by atoms with E-state index in [2.05, 4.69) is 5.32 Å². The number of amides is 2. The molecule has 0 saturated heterocycles. The van der Waals surface area contributed by atoms with E-state index in [0.717, 1.165) is 22.3 Å². The second kappa shape index (κ2) is 12.0. The normalized spacial score (nSPS) is 11.5. The molecule has 0 aliphatic heterocycles. The van der Waals surface area contributed by atoms with Gasteiger partial charge in [0.25, 0.3) is 0 Å². The number of rotatable bonds is 9. The van der Waals surface area contributed by atoms with Gasteiger partial charge < -0.3 is 10.2 Å². The van der Waals surface area contributed by atoms with Gasteiger partial charge in [-0.15, -0.1) is 0 Å². The lowest BCUT2D eigenvalue weighted by atomic mass is 10.0. The van der Waals surface area contributed by atoms with Crippen LogP contribution >= 0.6 is 11.6 Å². The number of carbonyl (C=O) groups is 2. The van der Waals surface area contributed by atoms with E-state index in [0.29, 0.717) is 11.6 Å². The third kappa shape index (κ3) is 6.58. The van der Waals surface area contributed by atoms with Crippen molar-refractivity contribution in [2.75, 3.05) is 0 Å². The highest BCUT2D eigenvalue weighted by molar-refractivity contribution is 6.31. The van der Waals surface area contributed by atoms with Gasteiger partial charge in [0.05, 0.1) is 6.42 Å². The van der Waals surface area contributed by atoms with E-state index in [1.807, 2.05) is 109 Å². The van der Waals surface area contributed by atoms with Gasteiger partial charge in [-0.3, -0.25) is 9.59 Å². The average Bonchev–Trinajstić information content (AvgIpc) is 2.89. The van der Waals surface area contributed by atoms with Crippen molar-refractivity contribution < 1.29 is 9.59 Å². The van der Waals surface area contributed by atoms with Crippen molar-refractivity contribution >= 4 is 23.4 Å². The molecule has 4 nitrogen and oxygen atoms in total. The summed E-state index contributed by atoms with van der Waals surface area (Å²) in [7, 11) is 0. The van der Waals surface area contributed by atoms with Crippen molar-refractivity contribution in [3.05, 3.63) is 143 Å². The molecule has 0 spiro atoms. The first kappa shape index (κ1) is 24.2. The molecule has 176 valence electrons. The Hall–Kier alpha value is -3.89. The smallest absolute Gasteiger partial charge is 0.247 e. The van der Waals surface area contributed by atoms with E-state index >= 15 is 0 Å². The van der Waals surface area contributed by atoms with Gasteiger partial charge in [-0.2, -0.15) is 0 Å². The summed E-state index contributed by atoms with van der Waals surface area (Å²) in [5.41, 5.74) is 3.42. The molecule has 0 aromatic heterocycles. The van der Waals surface area contributed by atoms with Crippen molar-refractivity contribution in [1.82, 2.24) is 10.2 Å². The third-order valence-electron chi connectivity index (χ3n) is 5.80. The molecule has 2 amide bonds. The first-order valence-corrected chi connectivity index (χ1v) is 11.9. The van der Waals surface area contributed by atoms with Crippen LogP contribution < -0.4 is 5.32 Å². The molecule has 0 radical (unpaired) electrons. The second-order valence-electron chi connectivity index (χ2n) is 8.29. The Labute approximate surface area is 211 Å². The topological polar surface area (TPSA) is 49.4 Å². The number of benzene rings is 4. The van der Waals surface area contributed by atoms with Gasteiger partial charge in [0.2, 0.25) is 11.8 Å². The summed E-state index contributed by atoms with van der Waals surface area (Å²) < 4.78 is 0. The maximum Gasteiger partial charge on any atom is 0.247 e. The predicted molar refractivity (Wildman–Crippen MR) is 140 cm³/mol. The number of halogens is 1. The predicted octanol–water partition coefficient (Wildman–Crippen LogP) is 5.97. The van der Waals surface area contributed by atoms with E-state index in [-0.39, 0.29) is 24.8 Å². The van der Waals surface area contributed by atoms with Crippen molar-refractivity contribution in [2.24, 2.45) is 0 Å². The molecular weight excluding hydrogens is 456 g/mol. The molecule has 0 heterocycles. The van der Waals surface area contributed by atoms with Crippen LogP contribution in [0.25, 0.3) is 0 Å². The number of carbonyl (C=O) groups excluding carboxylic acids is 2. The molecule has 4 aromatic rings. The summed E-state index contributed by atoms with van der Waals surface area (Å²) in [6.45, 7) is 0.583. The zero-order valence-corrected chi connectivity index (χ0v) is 20.1. The van der Waals surface area contributed by atoms with E-state index in [9.17, 15) is 9.59 Å². The third-order valence-corrected chi connectivity index (χ3v) is 6.17. The van der Waals surface area contributed by atoms with Crippen molar-refractivity contribution in [2.45, 2.75) is 25.6 Å². The molecule has 0 unspecified atom stereocenters. The molecule has 4 rings (SSSR count). The van der Waals surface area contributed by atoms with Crippen LogP contribution in [-0.4, -0.2) is 16.7 Å². The van der Waals surface area contributed by atoms with Gasteiger partial charge in [-0.05, 0) is 28.3 Å². The molecular formula is C30H27ClN2O2. The number of hydrogen-bond acceptors (Lipinski definition) is 2. The van der Waals surface area contributed by atoms with E-state index < -0.39 is 6.04 Å². The summed E-state index contributed by atoms with van der Waals surface area (Å²) in [5, 5.41) is 3.59. The van der Waals surface area contributed by atoms with Crippen molar-refractivity contribution in [3.8, 4) is 0 Å². The first-order valence-electron chi connectivity index (χ1n) is 11.5. The molecule has 1 atom stereocenters. The van der Waals surface area contributed by atoms with Gasteiger partial charge >= 0.3 is 0 Å². The van der Waals surface area contributed by atoms with Crippen molar-refractivity contribution in [1.29, 1.82) is 0 Å². The molecule has 0 bridgehead atoms. The Bertz CT molecular complexity index is 1250. The Morgan fingerprint density at radius 1 is 0.714 bits per heavy atom. The minimum Gasteiger partial charge on any atom is -0.350 e. The summed E-state index contributed by atoms with van der Waals surface area (Å²) >= 11 is 6.30. The molecule has 0 fully saturated rings. The van der Waals surface area contributed by atoms with Gasteiger partial charge in [0.15, 0.2) is 0 Å². The lowest BCUT2D eigenvalue weighted by Gasteiger charge is -2.32. The molecule has 35 heavy (non-hydrogen) atoms. The molecule has 4 aromatic carbocycles. The molecule has 0 aliphatic carbocycles.